The van der Waals surface area contributed by atoms with Gasteiger partial charge in [-0.2, -0.15) is 0 Å². The number of anilines is 1. The van der Waals surface area contributed by atoms with E-state index in [1.165, 1.54) is 0 Å². The minimum Gasteiger partial charge on any atom is -0.479 e. The average Bonchev–Trinajstić information content (AvgIpc) is 2.29. The van der Waals surface area contributed by atoms with Gasteiger partial charge in [-0.05, 0) is 35.2 Å². The number of aliphatic hydroxyl groups excluding tert-OH is 1. The van der Waals surface area contributed by atoms with Gasteiger partial charge in [0.25, 0.3) is 0 Å². The fourth-order valence-corrected chi connectivity index (χ4v) is 3.28. The van der Waals surface area contributed by atoms with Gasteiger partial charge < -0.3 is 15.1 Å². The van der Waals surface area contributed by atoms with E-state index < -0.39 is 12.1 Å². The van der Waals surface area contributed by atoms with Gasteiger partial charge in [0.2, 0.25) is 0 Å². The molecule has 6 heteroatoms. The Morgan fingerprint density at radius 3 is 2.35 bits per heavy atom. The standard InChI is InChI=1S/C14H19BrN2O3/c1-7-9(12(18)13(19)20)11(10(15)8(2)16-7)17-5-14(3,4)6-17/h12,18H,5-6H2,1-4H3,(H,19,20). The number of carboxylic acid groups (broad SMARTS) is 1. The molecule has 2 rings (SSSR count). The monoisotopic (exact) mass is 342 g/mol. The lowest BCUT2D eigenvalue weighted by atomic mass is 9.83. The van der Waals surface area contributed by atoms with Crippen molar-refractivity contribution in [2.45, 2.75) is 33.8 Å². The zero-order valence-corrected chi connectivity index (χ0v) is 13.7. The zero-order valence-electron chi connectivity index (χ0n) is 12.1. The van der Waals surface area contributed by atoms with Crippen molar-refractivity contribution in [1.29, 1.82) is 0 Å². The number of hydrogen-bond donors (Lipinski definition) is 2. The maximum absolute atomic E-state index is 11.1. The van der Waals surface area contributed by atoms with Crippen LogP contribution in [-0.2, 0) is 4.79 Å². The summed E-state index contributed by atoms with van der Waals surface area (Å²) in [4.78, 5) is 17.6. The summed E-state index contributed by atoms with van der Waals surface area (Å²) in [5.41, 5.74) is 2.69. The molecule has 1 saturated heterocycles. The molecule has 0 aromatic carbocycles. The first-order chi connectivity index (χ1) is 9.14. The minimum atomic E-state index is -1.56. The van der Waals surface area contributed by atoms with Crippen LogP contribution in [0.5, 0.6) is 0 Å². The molecule has 1 aromatic heterocycles. The molecule has 0 saturated carbocycles. The Labute approximate surface area is 126 Å². The third kappa shape index (κ3) is 2.54. The smallest absolute Gasteiger partial charge is 0.337 e. The Hall–Kier alpha value is -1.14. The molecule has 2 heterocycles. The maximum Gasteiger partial charge on any atom is 0.337 e. The van der Waals surface area contributed by atoms with Gasteiger partial charge >= 0.3 is 5.97 Å². The van der Waals surface area contributed by atoms with E-state index in [1.807, 2.05) is 6.92 Å². The van der Waals surface area contributed by atoms with Crippen LogP contribution in [0.3, 0.4) is 0 Å². The molecule has 5 nitrogen and oxygen atoms in total. The number of aliphatic hydroxyl groups is 1. The quantitative estimate of drug-likeness (QED) is 0.882. The van der Waals surface area contributed by atoms with E-state index in [-0.39, 0.29) is 5.41 Å². The van der Waals surface area contributed by atoms with Crippen molar-refractivity contribution < 1.29 is 15.0 Å². The summed E-state index contributed by atoms with van der Waals surface area (Å²) >= 11 is 3.49. The van der Waals surface area contributed by atoms with E-state index in [9.17, 15) is 9.90 Å². The molecule has 1 aliphatic heterocycles. The molecule has 2 N–H and O–H groups in total. The van der Waals surface area contributed by atoms with Crippen LogP contribution in [0, 0.1) is 19.3 Å². The highest BCUT2D eigenvalue weighted by Crippen LogP contribution is 2.43. The molecule has 1 unspecified atom stereocenters. The fourth-order valence-electron chi connectivity index (χ4n) is 2.73. The van der Waals surface area contributed by atoms with Crippen LogP contribution in [0.4, 0.5) is 5.69 Å². The van der Waals surface area contributed by atoms with Crippen molar-refractivity contribution in [3.63, 3.8) is 0 Å². The molecule has 1 aliphatic rings. The predicted molar refractivity (Wildman–Crippen MR) is 80.0 cm³/mol. The van der Waals surface area contributed by atoms with E-state index in [1.54, 1.807) is 6.92 Å². The lowest BCUT2D eigenvalue weighted by Crippen LogP contribution is -2.53. The van der Waals surface area contributed by atoms with Crippen LogP contribution in [0.25, 0.3) is 0 Å². The minimum absolute atomic E-state index is 0.204. The summed E-state index contributed by atoms with van der Waals surface area (Å²) in [6, 6.07) is 0. The Kier molecular flexibility index (Phi) is 3.81. The maximum atomic E-state index is 11.1. The molecule has 0 spiro atoms. The third-order valence-corrected chi connectivity index (χ3v) is 4.52. The number of aromatic nitrogens is 1. The van der Waals surface area contributed by atoms with E-state index in [2.05, 4.69) is 39.7 Å². The second-order valence-corrected chi connectivity index (χ2v) is 6.91. The van der Waals surface area contributed by atoms with Crippen molar-refractivity contribution in [3.05, 3.63) is 21.4 Å². The highest BCUT2D eigenvalue weighted by Gasteiger charge is 2.38. The average molecular weight is 343 g/mol. The van der Waals surface area contributed by atoms with Crippen molar-refractivity contribution in [2.24, 2.45) is 5.41 Å². The Balaban J connectivity index is 2.55. The summed E-state index contributed by atoms with van der Waals surface area (Å²) in [5, 5.41) is 19.1. The SMILES string of the molecule is Cc1nc(C)c(C(O)C(=O)O)c(N2CC(C)(C)C2)c1Br. The van der Waals surface area contributed by atoms with E-state index in [0.29, 0.717) is 11.3 Å². The van der Waals surface area contributed by atoms with Gasteiger partial charge in [0.15, 0.2) is 6.10 Å². The molecule has 20 heavy (non-hydrogen) atoms. The second-order valence-electron chi connectivity index (χ2n) is 6.12. The third-order valence-electron chi connectivity index (χ3n) is 3.57. The number of aryl methyl sites for hydroxylation is 2. The van der Waals surface area contributed by atoms with Crippen LogP contribution in [0.15, 0.2) is 4.47 Å². The van der Waals surface area contributed by atoms with Gasteiger partial charge in [-0.25, -0.2) is 4.79 Å². The van der Waals surface area contributed by atoms with Crippen molar-refractivity contribution >= 4 is 27.6 Å². The molecule has 0 amide bonds. The summed E-state index contributed by atoms with van der Waals surface area (Å²) < 4.78 is 0.758. The van der Waals surface area contributed by atoms with Gasteiger partial charge in [-0.1, -0.05) is 13.8 Å². The van der Waals surface area contributed by atoms with Crippen LogP contribution in [-0.4, -0.2) is 34.3 Å². The molecule has 1 aromatic rings. The van der Waals surface area contributed by atoms with Gasteiger partial charge in [-0.15, -0.1) is 0 Å². The van der Waals surface area contributed by atoms with Crippen LogP contribution in [0.2, 0.25) is 0 Å². The Bertz CT molecular complexity index is 564. The normalized spacial score (nSPS) is 18.6. The molecular weight excluding hydrogens is 324 g/mol. The number of carbonyl (C=O) groups is 1. The first-order valence-corrected chi connectivity index (χ1v) is 7.26. The van der Waals surface area contributed by atoms with E-state index >= 15 is 0 Å². The predicted octanol–water partition coefficient (Wildman–Crippen LogP) is 2.43. The summed E-state index contributed by atoms with van der Waals surface area (Å²) in [6.45, 7) is 9.57. The van der Waals surface area contributed by atoms with Gasteiger partial charge in [0.05, 0.1) is 15.9 Å². The highest BCUT2D eigenvalue weighted by atomic mass is 79.9. The van der Waals surface area contributed by atoms with E-state index in [0.717, 1.165) is 28.9 Å². The summed E-state index contributed by atoms with van der Waals surface area (Å²) in [5.74, 6) is -1.26. The van der Waals surface area contributed by atoms with Crippen LogP contribution < -0.4 is 4.90 Å². The lowest BCUT2D eigenvalue weighted by molar-refractivity contribution is -0.147. The number of nitrogens with zero attached hydrogens (tertiary/aromatic N) is 2. The van der Waals surface area contributed by atoms with Crippen molar-refractivity contribution in [2.75, 3.05) is 18.0 Å². The molecule has 110 valence electrons. The number of halogens is 1. The topological polar surface area (TPSA) is 73.7 Å². The van der Waals surface area contributed by atoms with Crippen molar-refractivity contribution in [1.82, 2.24) is 4.98 Å². The largest absolute Gasteiger partial charge is 0.479 e. The molecule has 1 atom stereocenters. The van der Waals surface area contributed by atoms with Crippen LogP contribution >= 0.6 is 15.9 Å². The molecule has 0 radical (unpaired) electrons. The van der Waals surface area contributed by atoms with Crippen molar-refractivity contribution in [3.8, 4) is 0 Å². The Morgan fingerprint density at radius 1 is 1.35 bits per heavy atom. The van der Waals surface area contributed by atoms with Gasteiger partial charge in [0.1, 0.15) is 0 Å². The number of rotatable bonds is 3. The van der Waals surface area contributed by atoms with Gasteiger partial charge in [-0.3, -0.25) is 4.98 Å². The number of pyridine rings is 1. The number of aliphatic carboxylic acids is 1. The highest BCUT2D eigenvalue weighted by molar-refractivity contribution is 9.10. The first kappa shape index (κ1) is 15.3. The second kappa shape index (κ2) is 5.00. The summed E-state index contributed by atoms with van der Waals surface area (Å²) in [6.07, 6.45) is -1.56. The fraction of sp³-hybridized carbons (Fsp3) is 0.571. The first-order valence-electron chi connectivity index (χ1n) is 6.46. The van der Waals surface area contributed by atoms with Gasteiger partial charge in [0, 0.05) is 24.3 Å². The molecule has 0 aliphatic carbocycles. The molecule has 1 fully saturated rings. The summed E-state index contributed by atoms with van der Waals surface area (Å²) in [7, 11) is 0. The number of hydrogen-bond acceptors (Lipinski definition) is 4. The zero-order chi connectivity index (χ0) is 15.2. The lowest BCUT2D eigenvalue weighted by Gasteiger charge is -2.48. The van der Waals surface area contributed by atoms with E-state index in [4.69, 9.17) is 5.11 Å². The Morgan fingerprint density at radius 2 is 1.90 bits per heavy atom. The number of carboxylic acids is 1. The molecular formula is C14H19BrN2O3. The van der Waals surface area contributed by atoms with Crippen LogP contribution in [0.1, 0.15) is 36.9 Å². The molecule has 0 bridgehead atoms.